The van der Waals surface area contributed by atoms with E-state index in [1.807, 2.05) is 30.3 Å². The first kappa shape index (κ1) is 16.0. The smallest absolute Gasteiger partial charge is 0.118 e. The molecule has 1 fully saturated rings. The topological polar surface area (TPSA) is 33.7 Å². The SMILES string of the molecule is COc1ccc(CC2CNCCN2OCc2ccccc2)cc1. The number of nitrogens with zero attached hydrogens (tertiary/aromatic N) is 1. The van der Waals surface area contributed by atoms with Crippen LogP contribution in [0.2, 0.25) is 0 Å². The van der Waals surface area contributed by atoms with Gasteiger partial charge in [0.2, 0.25) is 0 Å². The molecule has 0 amide bonds. The summed E-state index contributed by atoms with van der Waals surface area (Å²) in [5.41, 5.74) is 2.50. The maximum atomic E-state index is 6.07. The number of ether oxygens (including phenoxy) is 1. The summed E-state index contributed by atoms with van der Waals surface area (Å²) in [4.78, 5) is 6.07. The number of piperazine rings is 1. The van der Waals surface area contributed by atoms with Gasteiger partial charge in [-0.2, -0.15) is 5.06 Å². The van der Waals surface area contributed by atoms with E-state index in [0.29, 0.717) is 12.6 Å². The minimum atomic E-state index is 0.348. The lowest BCUT2D eigenvalue weighted by molar-refractivity contribution is -0.202. The first-order valence-electron chi connectivity index (χ1n) is 8.12. The highest BCUT2D eigenvalue weighted by atomic mass is 16.7. The van der Waals surface area contributed by atoms with Gasteiger partial charge < -0.3 is 10.1 Å². The van der Waals surface area contributed by atoms with E-state index in [4.69, 9.17) is 9.57 Å². The predicted molar refractivity (Wildman–Crippen MR) is 91.3 cm³/mol. The quantitative estimate of drug-likeness (QED) is 0.889. The summed E-state index contributed by atoms with van der Waals surface area (Å²) in [6.07, 6.45) is 0.964. The molecule has 0 saturated carbocycles. The molecule has 0 radical (unpaired) electrons. The average molecular weight is 312 g/mol. The summed E-state index contributed by atoms with van der Waals surface area (Å²) in [6.45, 7) is 3.45. The summed E-state index contributed by atoms with van der Waals surface area (Å²) >= 11 is 0. The third kappa shape index (κ3) is 4.55. The molecule has 0 bridgehead atoms. The minimum Gasteiger partial charge on any atom is -0.497 e. The number of methoxy groups -OCH3 is 1. The second kappa shape index (κ2) is 8.11. The van der Waals surface area contributed by atoms with Gasteiger partial charge in [0.05, 0.1) is 19.8 Å². The lowest BCUT2D eigenvalue weighted by atomic mass is 10.0. The molecule has 1 heterocycles. The van der Waals surface area contributed by atoms with Crippen LogP contribution in [-0.2, 0) is 17.9 Å². The van der Waals surface area contributed by atoms with Crippen molar-refractivity contribution in [3.63, 3.8) is 0 Å². The number of rotatable bonds is 6. The van der Waals surface area contributed by atoms with Crippen molar-refractivity contribution in [3.05, 3.63) is 65.7 Å². The third-order valence-corrected chi connectivity index (χ3v) is 4.17. The van der Waals surface area contributed by atoms with Gasteiger partial charge >= 0.3 is 0 Å². The zero-order chi connectivity index (χ0) is 15.9. The van der Waals surface area contributed by atoms with Gasteiger partial charge in [-0.25, -0.2) is 0 Å². The minimum absolute atomic E-state index is 0.348. The van der Waals surface area contributed by atoms with Crippen LogP contribution >= 0.6 is 0 Å². The van der Waals surface area contributed by atoms with Crippen molar-refractivity contribution in [2.24, 2.45) is 0 Å². The fourth-order valence-electron chi connectivity index (χ4n) is 2.85. The number of hydroxylamine groups is 2. The van der Waals surface area contributed by atoms with Crippen LogP contribution < -0.4 is 10.1 Å². The monoisotopic (exact) mass is 312 g/mol. The highest BCUT2D eigenvalue weighted by Crippen LogP contribution is 2.16. The van der Waals surface area contributed by atoms with Crippen molar-refractivity contribution >= 4 is 0 Å². The molecule has 1 unspecified atom stereocenters. The highest BCUT2D eigenvalue weighted by Gasteiger charge is 2.23. The fraction of sp³-hybridized carbons (Fsp3) is 0.368. The Hall–Kier alpha value is -1.88. The summed E-state index contributed by atoms with van der Waals surface area (Å²) in [5.74, 6) is 0.896. The van der Waals surface area contributed by atoms with Crippen molar-refractivity contribution < 1.29 is 9.57 Å². The van der Waals surface area contributed by atoms with Crippen LogP contribution in [0.1, 0.15) is 11.1 Å². The Morgan fingerprint density at radius 2 is 1.83 bits per heavy atom. The molecular formula is C19H24N2O2. The second-order valence-electron chi connectivity index (χ2n) is 5.81. The van der Waals surface area contributed by atoms with E-state index in [1.54, 1.807) is 7.11 Å². The van der Waals surface area contributed by atoms with E-state index in [2.05, 4.69) is 34.6 Å². The summed E-state index contributed by atoms with van der Waals surface area (Å²) in [7, 11) is 1.69. The first-order chi connectivity index (χ1) is 11.3. The molecule has 4 heteroatoms. The normalized spacial score (nSPS) is 18.7. The van der Waals surface area contributed by atoms with E-state index in [-0.39, 0.29) is 0 Å². The maximum Gasteiger partial charge on any atom is 0.118 e. The third-order valence-electron chi connectivity index (χ3n) is 4.17. The van der Waals surface area contributed by atoms with Crippen LogP contribution in [0.15, 0.2) is 54.6 Å². The zero-order valence-electron chi connectivity index (χ0n) is 13.6. The lowest BCUT2D eigenvalue weighted by Crippen LogP contribution is -2.51. The zero-order valence-corrected chi connectivity index (χ0v) is 13.6. The number of hydrogen-bond acceptors (Lipinski definition) is 4. The first-order valence-corrected chi connectivity index (χ1v) is 8.12. The Morgan fingerprint density at radius 1 is 1.04 bits per heavy atom. The van der Waals surface area contributed by atoms with Crippen molar-refractivity contribution in [2.45, 2.75) is 19.1 Å². The van der Waals surface area contributed by atoms with Gasteiger partial charge in [-0.1, -0.05) is 42.5 Å². The fourth-order valence-corrected chi connectivity index (χ4v) is 2.85. The summed E-state index contributed by atoms with van der Waals surface area (Å²) in [6, 6.07) is 19.0. The summed E-state index contributed by atoms with van der Waals surface area (Å²) < 4.78 is 5.22. The van der Waals surface area contributed by atoms with Gasteiger partial charge in [-0.3, -0.25) is 4.84 Å². The van der Waals surface area contributed by atoms with Gasteiger partial charge in [0.25, 0.3) is 0 Å². The van der Waals surface area contributed by atoms with Crippen molar-refractivity contribution in [1.29, 1.82) is 0 Å². The van der Waals surface area contributed by atoms with Crippen LogP contribution in [0.3, 0.4) is 0 Å². The van der Waals surface area contributed by atoms with Crippen LogP contribution in [0.5, 0.6) is 5.75 Å². The molecule has 0 aliphatic carbocycles. The van der Waals surface area contributed by atoms with E-state index in [1.165, 1.54) is 11.1 Å². The molecule has 1 N–H and O–H groups in total. The van der Waals surface area contributed by atoms with Crippen molar-refractivity contribution in [2.75, 3.05) is 26.7 Å². The lowest BCUT2D eigenvalue weighted by Gasteiger charge is -2.35. The maximum absolute atomic E-state index is 6.07. The van der Waals surface area contributed by atoms with Gasteiger partial charge in [0, 0.05) is 19.6 Å². The Bertz CT molecular complexity index is 586. The van der Waals surface area contributed by atoms with E-state index >= 15 is 0 Å². The van der Waals surface area contributed by atoms with Gasteiger partial charge in [-0.05, 0) is 29.7 Å². The van der Waals surface area contributed by atoms with Crippen LogP contribution in [0.4, 0.5) is 0 Å². The van der Waals surface area contributed by atoms with Crippen molar-refractivity contribution in [1.82, 2.24) is 10.4 Å². The van der Waals surface area contributed by atoms with Gasteiger partial charge in [0.15, 0.2) is 0 Å². The van der Waals surface area contributed by atoms with Gasteiger partial charge in [0.1, 0.15) is 5.75 Å². The molecule has 2 aromatic carbocycles. The number of benzene rings is 2. The largest absolute Gasteiger partial charge is 0.497 e. The molecule has 4 nitrogen and oxygen atoms in total. The Morgan fingerprint density at radius 3 is 2.57 bits per heavy atom. The second-order valence-corrected chi connectivity index (χ2v) is 5.81. The van der Waals surface area contributed by atoms with Gasteiger partial charge in [-0.15, -0.1) is 0 Å². The Labute approximate surface area is 138 Å². The molecule has 2 aromatic rings. The molecule has 1 atom stereocenters. The molecule has 0 spiro atoms. The van der Waals surface area contributed by atoms with Crippen LogP contribution in [0.25, 0.3) is 0 Å². The molecule has 1 aliphatic rings. The molecule has 23 heavy (non-hydrogen) atoms. The summed E-state index contributed by atoms with van der Waals surface area (Å²) in [5, 5.41) is 5.59. The number of nitrogens with one attached hydrogen (secondary N) is 1. The molecule has 1 saturated heterocycles. The standard InChI is InChI=1S/C19H24N2O2/c1-22-19-9-7-16(8-10-19)13-18-14-20-11-12-21(18)23-15-17-5-3-2-4-6-17/h2-10,18,20H,11-15H2,1H3. The predicted octanol–water partition coefficient (Wildman–Crippen LogP) is 2.64. The average Bonchev–Trinajstić information content (AvgIpc) is 2.62. The van der Waals surface area contributed by atoms with Crippen LogP contribution in [-0.4, -0.2) is 37.8 Å². The van der Waals surface area contributed by atoms with E-state index in [0.717, 1.165) is 31.8 Å². The molecule has 1 aliphatic heterocycles. The Kier molecular flexibility index (Phi) is 5.64. The van der Waals surface area contributed by atoms with E-state index < -0.39 is 0 Å². The Balaban J connectivity index is 1.59. The molecule has 0 aromatic heterocycles. The number of hydrogen-bond donors (Lipinski definition) is 1. The molecule has 3 rings (SSSR count). The van der Waals surface area contributed by atoms with E-state index in [9.17, 15) is 0 Å². The molecule has 122 valence electrons. The van der Waals surface area contributed by atoms with Crippen molar-refractivity contribution in [3.8, 4) is 5.75 Å². The van der Waals surface area contributed by atoms with Crippen LogP contribution in [0, 0.1) is 0 Å². The molecular weight excluding hydrogens is 288 g/mol. The highest BCUT2D eigenvalue weighted by molar-refractivity contribution is 5.27.